The minimum atomic E-state index is -1.14. The molecule has 8 heteroatoms. The van der Waals surface area contributed by atoms with Crippen molar-refractivity contribution in [3.05, 3.63) is 72.4 Å². The molecule has 0 spiro atoms. The van der Waals surface area contributed by atoms with E-state index in [1.807, 2.05) is 53.1 Å². The van der Waals surface area contributed by atoms with Crippen LogP contribution in [0.3, 0.4) is 0 Å². The topological polar surface area (TPSA) is 77.5 Å². The fourth-order valence-electron chi connectivity index (χ4n) is 4.10. The molecule has 3 aromatic rings. The summed E-state index contributed by atoms with van der Waals surface area (Å²) in [5.74, 6) is 0.172. The summed E-state index contributed by atoms with van der Waals surface area (Å²) in [5, 5.41) is 9.06. The molecule has 0 radical (unpaired) electrons. The highest BCUT2D eigenvalue weighted by Crippen LogP contribution is 2.28. The Balaban J connectivity index is 1.38. The van der Waals surface area contributed by atoms with Gasteiger partial charge in [-0.25, -0.2) is 13.5 Å². The van der Waals surface area contributed by atoms with Gasteiger partial charge in [-0.1, -0.05) is 24.3 Å². The van der Waals surface area contributed by atoms with E-state index in [1.165, 1.54) is 0 Å². The number of aromatic nitrogens is 3. The standard InChI is InChI=1S/C24H24N6OS/c1-28-10-12-29(13-11-28)32(31)21-8-6-19(7-9-21)22-17-30-23(15-27-24(30)16-26-22)20-4-2-18(14-25)3-5-20/h2-4,6-9,15-17,20H,5,10-13H2,1H3. The van der Waals surface area contributed by atoms with Crippen LogP contribution in [0.4, 0.5) is 0 Å². The molecule has 5 rings (SSSR count). The Kier molecular flexibility index (Phi) is 5.70. The molecule has 2 aromatic heterocycles. The summed E-state index contributed by atoms with van der Waals surface area (Å²) in [7, 11) is 0.951. The van der Waals surface area contributed by atoms with Crippen molar-refractivity contribution in [1.82, 2.24) is 23.6 Å². The average molecular weight is 445 g/mol. The molecule has 1 saturated heterocycles. The summed E-state index contributed by atoms with van der Waals surface area (Å²) in [6.45, 7) is 3.50. The minimum Gasteiger partial charge on any atom is -0.304 e. The van der Waals surface area contributed by atoms with Crippen LogP contribution in [0, 0.1) is 11.3 Å². The van der Waals surface area contributed by atoms with Crippen LogP contribution in [0.2, 0.25) is 0 Å². The molecule has 2 atom stereocenters. The predicted octanol–water partition coefficient (Wildman–Crippen LogP) is 3.16. The van der Waals surface area contributed by atoms with Gasteiger partial charge in [0.25, 0.3) is 0 Å². The Morgan fingerprint density at radius 1 is 1.09 bits per heavy atom. The van der Waals surface area contributed by atoms with Crippen LogP contribution in [0.15, 0.2) is 71.6 Å². The Bertz CT molecular complexity index is 1260. The molecule has 162 valence electrons. The predicted molar refractivity (Wildman–Crippen MR) is 124 cm³/mol. The Labute approximate surface area is 189 Å². The number of imidazole rings is 1. The van der Waals surface area contributed by atoms with E-state index >= 15 is 0 Å². The molecule has 2 unspecified atom stereocenters. The fraction of sp³-hybridized carbons (Fsp3) is 0.292. The molecular weight excluding hydrogens is 420 g/mol. The molecular formula is C24H24N6OS. The smallest absolute Gasteiger partial charge is 0.155 e. The number of fused-ring (bicyclic) bond motifs is 1. The zero-order valence-electron chi connectivity index (χ0n) is 17.9. The van der Waals surface area contributed by atoms with E-state index in [1.54, 1.807) is 6.20 Å². The number of rotatable bonds is 4. The Morgan fingerprint density at radius 2 is 1.88 bits per heavy atom. The SMILES string of the molecule is CN1CCN(S(=O)c2ccc(-c3cn4c(C5C=CC(C#N)=CC5)cnc4cn3)cc2)CC1. The summed E-state index contributed by atoms with van der Waals surface area (Å²) in [6, 6.07) is 10.0. The first-order chi connectivity index (χ1) is 15.6. The van der Waals surface area contributed by atoms with Gasteiger partial charge >= 0.3 is 0 Å². The van der Waals surface area contributed by atoms with E-state index in [0.29, 0.717) is 5.57 Å². The maximum absolute atomic E-state index is 12.9. The summed E-state index contributed by atoms with van der Waals surface area (Å²) in [4.78, 5) is 12.1. The van der Waals surface area contributed by atoms with Gasteiger partial charge in [0, 0.05) is 61.3 Å². The van der Waals surface area contributed by atoms with Crippen LogP contribution >= 0.6 is 0 Å². The van der Waals surface area contributed by atoms with Gasteiger partial charge in [0.2, 0.25) is 0 Å². The number of hydrogen-bond acceptors (Lipinski definition) is 5. The zero-order valence-corrected chi connectivity index (χ0v) is 18.7. The van der Waals surface area contributed by atoms with Crippen molar-refractivity contribution in [2.24, 2.45) is 0 Å². The second-order valence-electron chi connectivity index (χ2n) is 8.16. The third-order valence-electron chi connectivity index (χ3n) is 6.08. The lowest BCUT2D eigenvalue weighted by Gasteiger charge is -2.31. The Morgan fingerprint density at radius 3 is 2.56 bits per heavy atom. The van der Waals surface area contributed by atoms with Crippen molar-refractivity contribution >= 4 is 16.6 Å². The highest BCUT2D eigenvalue weighted by atomic mass is 32.2. The summed E-state index contributed by atoms with van der Waals surface area (Å²) in [5.41, 5.74) is 4.37. The molecule has 1 aromatic carbocycles. The van der Waals surface area contributed by atoms with Gasteiger partial charge in [0.1, 0.15) is 11.0 Å². The van der Waals surface area contributed by atoms with E-state index < -0.39 is 11.0 Å². The first-order valence-corrected chi connectivity index (χ1v) is 11.8. The van der Waals surface area contributed by atoms with Crippen molar-refractivity contribution in [2.45, 2.75) is 17.2 Å². The lowest BCUT2D eigenvalue weighted by molar-refractivity contribution is 0.228. The molecule has 0 saturated carbocycles. The highest BCUT2D eigenvalue weighted by molar-refractivity contribution is 7.82. The third-order valence-corrected chi connectivity index (χ3v) is 7.59. The van der Waals surface area contributed by atoms with E-state index in [-0.39, 0.29) is 5.92 Å². The van der Waals surface area contributed by atoms with Gasteiger partial charge in [-0.3, -0.25) is 9.38 Å². The van der Waals surface area contributed by atoms with Gasteiger partial charge in [-0.05, 0) is 31.7 Å². The maximum Gasteiger partial charge on any atom is 0.155 e. The quantitative estimate of drug-likeness (QED) is 0.618. The van der Waals surface area contributed by atoms with Crippen molar-refractivity contribution in [3.8, 4) is 17.3 Å². The molecule has 1 aliphatic carbocycles. The highest BCUT2D eigenvalue weighted by Gasteiger charge is 2.20. The minimum absolute atomic E-state index is 0.172. The number of hydrogen-bond donors (Lipinski definition) is 0. The van der Waals surface area contributed by atoms with Crippen molar-refractivity contribution < 1.29 is 4.21 Å². The van der Waals surface area contributed by atoms with Gasteiger partial charge < -0.3 is 4.90 Å². The van der Waals surface area contributed by atoms with Gasteiger partial charge in [0.15, 0.2) is 5.65 Å². The number of allylic oxidation sites excluding steroid dienone is 4. The molecule has 1 aliphatic heterocycles. The lowest BCUT2D eigenvalue weighted by Crippen LogP contribution is -2.45. The number of nitrogens with zero attached hydrogens (tertiary/aromatic N) is 6. The van der Waals surface area contributed by atoms with Crippen molar-refractivity contribution in [3.63, 3.8) is 0 Å². The van der Waals surface area contributed by atoms with Crippen LogP contribution in [0.25, 0.3) is 16.9 Å². The first-order valence-electron chi connectivity index (χ1n) is 10.7. The first kappa shape index (κ1) is 20.8. The average Bonchev–Trinajstić information content (AvgIpc) is 3.27. The maximum atomic E-state index is 12.9. The van der Waals surface area contributed by atoms with Crippen LogP contribution in [0.1, 0.15) is 18.0 Å². The van der Waals surface area contributed by atoms with Crippen LogP contribution in [-0.2, 0) is 11.0 Å². The molecule has 1 fully saturated rings. The van der Waals surface area contributed by atoms with E-state index in [9.17, 15) is 4.21 Å². The summed E-state index contributed by atoms with van der Waals surface area (Å²) < 4.78 is 17.0. The van der Waals surface area contributed by atoms with Crippen molar-refractivity contribution in [1.29, 1.82) is 5.26 Å². The lowest BCUT2D eigenvalue weighted by atomic mass is 9.94. The van der Waals surface area contributed by atoms with E-state index in [0.717, 1.165) is 60.1 Å². The monoisotopic (exact) mass is 444 g/mol. The molecule has 3 heterocycles. The van der Waals surface area contributed by atoms with Crippen LogP contribution < -0.4 is 0 Å². The van der Waals surface area contributed by atoms with Crippen LogP contribution in [-0.4, -0.2) is 61.0 Å². The number of nitriles is 1. The van der Waals surface area contributed by atoms with Gasteiger partial charge in [-0.2, -0.15) is 5.26 Å². The molecule has 0 amide bonds. The van der Waals surface area contributed by atoms with Gasteiger partial charge in [0.05, 0.1) is 22.9 Å². The molecule has 0 bridgehead atoms. The van der Waals surface area contributed by atoms with Crippen LogP contribution in [0.5, 0.6) is 0 Å². The molecule has 2 aliphatic rings. The zero-order chi connectivity index (χ0) is 22.1. The van der Waals surface area contributed by atoms with E-state index in [4.69, 9.17) is 5.26 Å². The molecule has 0 N–H and O–H groups in total. The van der Waals surface area contributed by atoms with Crippen molar-refractivity contribution in [2.75, 3.05) is 33.2 Å². The molecule has 7 nitrogen and oxygen atoms in total. The Hall–Kier alpha value is -3.12. The fourth-order valence-corrected chi connectivity index (χ4v) is 5.26. The number of benzene rings is 1. The summed E-state index contributed by atoms with van der Waals surface area (Å²) in [6.07, 6.45) is 12.3. The largest absolute Gasteiger partial charge is 0.304 e. The summed E-state index contributed by atoms with van der Waals surface area (Å²) >= 11 is 0. The normalized spacial score (nSPS) is 20.8. The van der Waals surface area contributed by atoms with E-state index in [2.05, 4.69) is 38.5 Å². The number of likely N-dealkylation sites (N-methyl/N-ethyl adjacent to an activating group) is 1. The second kappa shape index (κ2) is 8.79. The van der Waals surface area contributed by atoms with Gasteiger partial charge in [-0.15, -0.1) is 0 Å². The third kappa shape index (κ3) is 4.02. The number of piperazine rings is 1. The molecule has 32 heavy (non-hydrogen) atoms. The second-order valence-corrected chi connectivity index (χ2v) is 9.65.